The maximum Gasteiger partial charge on any atom is 0.171 e. The van der Waals surface area contributed by atoms with E-state index in [4.69, 9.17) is 14.5 Å². The third kappa shape index (κ3) is 4.44. The van der Waals surface area contributed by atoms with Crippen LogP contribution in [0.15, 0.2) is 22.9 Å². The van der Waals surface area contributed by atoms with E-state index in [1.54, 1.807) is 0 Å². The molecule has 4 aliphatic carbocycles. The van der Waals surface area contributed by atoms with Gasteiger partial charge >= 0.3 is 0 Å². The number of fused-ring (bicyclic) bond motifs is 1. The van der Waals surface area contributed by atoms with Crippen molar-refractivity contribution in [3.05, 3.63) is 28.5 Å². The van der Waals surface area contributed by atoms with Gasteiger partial charge in [-0.1, -0.05) is 41.5 Å². The molecule has 7 heteroatoms. The Bertz CT molecular complexity index is 1200. The van der Waals surface area contributed by atoms with Crippen molar-refractivity contribution in [3.63, 3.8) is 0 Å². The zero-order valence-corrected chi connectivity index (χ0v) is 27.3. The minimum atomic E-state index is -1.99. The molecule has 39 heavy (non-hydrogen) atoms. The summed E-state index contributed by atoms with van der Waals surface area (Å²) in [5, 5.41) is 1.03. The minimum Gasteiger partial charge on any atom is -0.359 e. The Labute approximate surface area is 244 Å². The molecule has 214 valence electrons. The van der Waals surface area contributed by atoms with Crippen LogP contribution in [0.1, 0.15) is 103 Å². The van der Waals surface area contributed by atoms with Crippen molar-refractivity contribution in [1.29, 1.82) is 0 Å². The predicted molar refractivity (Wildman–Crippen MR) is 163 cm³/mol. The Kier molecular flexibility index (Phi) is 7.47. The minimum absolute atomic E-state index is 0.0508. The molecule has 0 aromatic carbocycles. The van der Waals surface area contributed by atoms with Gasteiger partial charge in [-0.3, -0.25) is 4.79 Å². The maximum absolute atomic E-state index is 14.6. The number of rotatable bonds is 8. The van der Waals surface area contributed by atoms with Crippen molar-refractivity contribution in [2.45, 2.75) is 121 Å². The molecule has 0 amide bonds. The van der Waals surface area contributed by atoms with E-state index in [-0.39, 0.29) is 17.8 Å². The van der Waals surface area contributed by atoms with Crippen LogP contribution in [0.25, 0.3) is 11.0 Å². The number of aromatic nitrogens is 2. The monoisotopic (exact) mass is 614 g/mol. The standard InChI is InChI=1S/C32H47BrN2O3Si/c1-19(2)39(20(3)4,21(5)6)35-11-10-25-29(26(33)18-34-31(25)35)30(36)28-23-13-22-14-24(28)17-32(15-22,16-23)38-27-9-7-8-12-37-27/h10-11,18-24,27-28H,7-9,12-17H2,1-6H3. The smallest absolute Gasteiger partial charge is 0.171 e. The van der Waals surface area contributed by atoms with E-state index in [1.807, 2.05) is 6.20 Å². The molecule has 1 aliphatic heterocycles. The molecule has 3 atom stereocenters. The third-order valence-corrected chi connectivity index (χ3v) is 18.5. The van der Waals surface area contributed by atoms with Gasteiger partial charge in [-0.05, 0) is 114 Å². The number of hydrogen-bond acceptors (Lipinski definition) is 4. The molecule has 2 aromatic rings. The summed E-state index contributed by atoms with van der Waals surface area (Å²) in [6, 6.07) is 2.19. The number of carbonyl (C=O) groups is 1. The lowest BCUT2D eigenvalue weighted by atomic mass is 9.49. The summed E-state index contributed by atoms with van der Waals surface area (Å²) in [6.45, 7) is 15.1. The number of ketones is 1. The number of pyridine rings is 1. The van der Waals surface area contributed by atoms with Crippen molar-refractivity contribution in [2.24, 2.45) is 23.7 Å². The van der Waals surface area contributed by atoms with Crippen molar-refractivity contribution >= 4 is 41.0 Å². The third-order valence-electron chi connectivity index (χ3n) is 11.1. The summed E-state index contributed by atoms with van der Waals surface area (Å²) in [4.78, 5) is 19.6. The summed E-state index contributed by atoms with van der Waals surface area (Å²) in [6.07, 6.45) is 13.0. The van der Waals surface area contributed by atoms with E-state index in [0.29, 0.717) is 40.2 Å². The number of Topliss-reactive ketones (excluding diaryl/α,β-unsaturated/α-hetero) is 1. The molecule has 5 aliphatic rings. The average Bonchev–Trinajstić information content (AvgIpc) is 3.27. The summed E-state index contributed by atoms with van der Waals surface area (Å²) in [7, 11) is -1.99. The van der Waals surface area contributed by atoms with Gasteiger partial charge in [0.05, 0.1) is 5.60 Å². The van der Waals surface area contributed by atoms with Crippen molar-refractivity contribution in [1.82, 2.24) is 9.22 Å². The number of hydrogen-bond donors (Lipinski definition) is 0. The van der Waals surface area contributed by atoms with E-state index in [2.05, 4.69) is 74.0 Å². The summed E-state index contributed by atoms with van der Waals surface area (Å²) < 4.78 is 16.2. The fourth-order valence-electron chi connectivity index (χ4n) is 10.2. The van der Waals surface area contributed by atoms with Gasteiger partial charge in [0.15, 0.2) is 20.3 Å². The molecule has 3 unspecified atom stereocenters. The molecule has 5 fully saturated rings. The molecule has 4 bridgehead atoms. The number of carbonyl (C=O) groups excluding carboxylic acids is 1. The second-order valence-electron chi connectivity index (χ2n) is 14.2. The molecule has 7 rings (SSSR count). The van der Waals surface area contributed by atoms with Crippen LogP contribution in [0.4, 0.5) is 0 Å². The van der Waals surface area contributed by atoms with Gasteiger partial charge in [0.1, 0.15) is 5.65 Å². The van der Waals surface area contributed by atoms with Crippen LogP contribution in [-0.4, -0.2) is 41.7 Å². The molecule has 4 saturated carbocycles. The highest BCUT2D eigenvalue weighted by molar-refractivity contribution is 9.10. The molecule has 1 saturated heterocycles. The fourth-order valence-corrected chi connectivity index (χ4v) is 17.3. The Hall–Kier alpha value is -1.02. The average molecular weight is 616 g/mol. The van der Waals surface area contributed by atoms with E-state index in [0.717, 1.165) is 59.8 Å². The highest BCUT2D eigenvalue weighted by Gasteiger charge is 2.59. The number of halogens is 1. The number of ether oxygens (including phenoxy) is 2. The van der Waals surface area contributed by atoms with Gasteiger partial charge in [-0.25, -0.2) is 4.98 Å². The fraction of sp³-hybridized carbons (Fsp3) is 0.750. The first-order chi connectivity index (χ1) is 18.6. The largest absolute Gasteiger partial charge is 0.359 e. The van der Waals surface area contributed by atoms with Crippen LogP contribution in [0.2, 0.25) is 16.6 Å². The highest BCUT2D eigenvalue weighted by Crippen LogP contribution is 2.61. The van der Waals surface area contributed by atoms with Gasteiger partial charge in [0, 0.05) is 34.1 Å². The molecule has 5 nitrogen and oxygen atoms in total. The second kappa shape index (κ2) is 10.4. The summed E-state index contributed by atoms with van der Waals surface area (Å²) in [5.74, 6) is 1.90. The van der Waals surface area contributed by atoms with Gasteiger partial charge in [0.2, 0.25) is 0 Å². The van der Waals surface area contributed by atoms with E-state index >= 15 is 0 Å². The first kappa shape index (κ1) is 28.1. The zero-order chi connectivity index (χ0) is 27.7. The van der Waals surface area contributed by atoms with Crippen LogP contribution >= 0.6 is 15.9 Å². The summed E-state index contributed by atoms with van der Waals surface area (Å²) >= 11 is 3.79. The van der Waals surface area contributed by atoms with Gasteiger partial charge in [-0.15, -0.1) is 0 Å². The topological polar surface area (TPSA) is 53.4 Å². The first-order valence-corrected chi connectivity index (χ1v) is 18.5. The normalized spacial score (nSPS) is 32.7. The summed E-state index contributed by atoms with van der Waals surface area (Å²) in [5.41, 5.74) is 3.47. The molecule has 3 heterocycles. The molecule has 2 aromatic heterocycles. The lowest BCUT2D eigenvalue weighted by Crippen LogP contribution is -2.58. The Balaban J connectivity index is 1.35. The Morgan fingerprint density at radius 1 is 1.08 bits per heavy atom. The van der Waals surface area contributed by atoms with Crippen LogP contribution in [0.3, 0.4) is 0 Å². The van der Waals surface area contributed by atoms with Gasteiger partial charge < -0.3 is 13.7 Å². The van der Waals surface area contributed by atoms with Gasteiger partial charge in [-0.2, -0.15) is 0 Å². The van der Waals surface area contributed by atoms with E-state index in [1.165, 1.54) is 19.3 Å². The second-order valence-corrected chi connectivity index (χ2v) is 20.8. The quantitative estimate of drug-likeness (QED) is 0.220. The van der Waals surface area contributed by atoms with Crippen LogP contribution < -0.4 is 0 Å². The Morgan fingerprint density at radius 3 is 2.33 bits per heavy atom. The lowest BCUT2D eigenvalue weighted by molar-refractivity contribution is -0.269. The molecular formula is C32H47BrN2O3Si. The van der Waals surface area contributed by atoms with Crippen molar-refractivity contribution in [2.75, 3.05) is 6.61 Å². The molecule has 0 radical (unpaired) electrons. The van der Waals surface area contributed by atoms with Crippen LogP contribution in [0, 0.1) is 23.7 Å². The highest BCUT2D eigenvalue weighted by atomic mass is 79.9. The predicted octanol–water partition coefficient (Wildman–Crippen LogP) is 8.74. The number of nitrogens with zero attached hydrogens (tertiary/aromatic N) is 2. The molecule has 0 N–H and O–H groups in total. The molecular weight excluding hydrogens is 568 g/mol. The van der Waals surface area contributed by atoms with E-state index < -0.39 is 8.24 Å². The van der Waals surface area contributed by atoms with Crippen LogP contribution in [0.5, 0.6) is 0 Å². The Morgan fingerprint density at radius 2 is 1.74 bits per heavy atom. The van der Waals surface area contributed by atoms with Gasteiger partial charge in [0.25, 0.3) is 0 Å². The zero-order valence-electron chi connectivity index (χ0n) is 24.7. The molecule has 0 spiro atoms. The lowest BCUT2D eigenvalue weighted by Gasteiger charge is -2.59. The SMILES string of the molecule is CC(C)[Si](C(C)C)(C(C)C)n1ccc2c(C(=O)C3C4CC5CC3CC(OC3CCCCO3)(C5)C4)c(Br)cnc21. The van der Waals surface area contributed by atoms with Crippen LogP contribution in [-0.2, 0) is 9.47 Å². The van der Waals surface area contributed by atoms with Crippen molar-refractivity contribution in [3.8, 4) is 0 Å². The van der Waals surface area contributed by atoms with Crippen molar-refractivity contribution < 1.29 is 14.3 Å². The maximum atomic E-state index is 14.6. The first-order valence-electron chi connectivity index (χ1n) is 15.6. The van der Waals surface area contributed by atoms with E-state index in [9.17, 15) is 4.79 Å².